The number of pyridine rings is 1. The van der Waals surface area contributed by atoms with Crippen molar-refractivity contribution in [2.75, 3.05) is 27.3 Å². The molecule has 0 bridgehead atoms. The number of carbonyl (C=O) groups excluding carboxylic acids is 1. The number of H-pyrrole nitrogens is 1. The van der Waals surface area contributed by atoms with Crippen molar-refractivity contribution in [3.8, 4) is 22.6 Å². The summed E-state index contributed by atoms with van der Waals surface area (Å²) >= 11 is 0. The lowest BCUT2D eigenvalue weighted by molar-refractivity contribution is 0.0945. The minimum atomic E-state index is -0.329. The average Bonchev–Trinajstić information content (AvgIpc) is 3.62. The molecule has 0 atom stereocenters. The van der Waals surface area contributed by atoms with Gasteiger partial charge in [0.05, 0.1) is 31.8 Å². The molecule has 0 saturated carbocycles. The summed E-state index contributed by atoms with van der Waals surface area (Å²) < 4.78 is 16.2. The molecule has 0 aliphatic heterocycles. The Labute approximate surface area is 225 Å². The maximum Gasteiger partial charge on any atom is 0.273 e. The van der Waals surface area contributed by atoms with Crippen LogP contribution in [0.2, 0.25) is 0 Å². The number of imidazole rings is 1. The zero-order valence-electron chi connectivity index (χ0n) is 21.9. The highest BCUT2D eigenvalue weighted by atomic mass is 16.5. The molecule has 39 heavy (non-hydrogen) atoms. The van der Waals surface area contributed by atoms with E-state index in [1.807, 2.05) is 30.3 Å². The normalized spacial score (nSPS) is 11.0. The van der Waals surface area contributed by atoms with Crippen molar-refractivity contribution in [1.29, 1.82) is 0 Å². The second-order valence-corrected chi connectivity index (χ2v) is 8.83. The molecule has 10 heteroatoms. The summed E-state index contributed by atoms with van der Waals surface area (Å²) in [4.78, 5) is 29.1. The second kappa shape index (κ2) is 12.2. The van der Waals surface area contributed by atoms with E-state index in [1.54, 1.807) is 32.5 Å². The van der Waals surface area contributed by atoms with Gasteiger partial charge in [-0.05, 0) is 35.9 Å². The first-order valence-electron chi connectivity index (χ1n) is 12.7. The number of amides is 1. The predicted molar refractivity (Wildman–Crippen MR) is 147 cm³/mol. The average molecular weight is 527 g/mol. The molecule has 0 aliphatic rings. The summed E-state index contributed by atoms with van der Waals surface area (Å²) in [7, 11) is 3.24. The molecular weight excluding hydrogens is 496 g/mol. The molecular formula is C29H30N6O4. The molecule has 10 nitrogen and oxygen atoms in total. The molecule has 0 saturated heterocycles. The SMILES string of the molecule is COc1ccccc1-c1ccc2[nH]c(CCNCCc3nc(C(=O)NCc4ncccc4OC)co3)nc2c1. The van der Waals surface area contributed by atoms with E-state index < -0.39 is 0 Å². The van der Waals surface area contributed by atoms with Gasteiger partial charge >= 0.3 is 0 Å². The molecule has 3 aromatic heterocycles. The van der Waals surface area contributed by atoms with E-state index in [0.29, 0.717) is 30.3 Å². The summed E-state index contributed by atoms with van der Waals surface area (Å²) in [5.74, 6) is 2.53. The third kappa shape index (κ3) is 6.24. The maximum atomic E-state index is 12.4. The lowest BCUT2D eigenvalue weighted by Gasteiger charge is -2.07. The van der Waals surface area contributed by atoms with Crippen LogP contribution >= 0.6 is 0 Å². The Kier molecular flexibility index (Phi) is 8.13. The van der Waals surface area contributed by atoms with Crippen LogP contribution in [-0.2, 0) is 19.4 Å². The maximum absolute atomic E-state index is 12.4. The number of ether oxygens (including phenoxy) is 2. The first kappa shape index (κ1) is 25.9. The van der Waals surface area contributed by atoms with E-state index in [4.69, 9.17) is 18.9 Å². The third-order valence-corrected chi connectivity index (χ3v) is 6.27. The van der Waals surface area contributed by atoms with Crippen molar-refractivity contribution >= 4 is 16.9 Å². The number of methoxy groups -OCH3 is 2. The molecule has 2 aromatic carbocycles. The van der Waals surface area contributed by atoms with Gasteiger partial charge in [-0.3, -0.25) is 9.78 Å². The van der Waals surface area contributed by atoms with Gasteiger partial charge in [-0.25, -0.2) is 9.97 Å². The topological polar surface area (TPSA) is 127 Å². The van der Waals surface area contributed by atoms with E-state index in [9.17, 15) is 4.79 Å². The van der Waals surface area contributed by atoms with E-state index in [0.717, 1.165) is 46.7 Å². The van der Waals surface area contributed by atoms with Gasteiger partial charge in [-0.1, -0.05) is 24.3 Å². The molecule has 0 aliphatic carbocycles. The number of aromatic nitrogens is 4. The number of benzene rings is 2. The van der Waals surface area contributed by atoms with E-state index in [2.05, 4.69) is 37.7 Å². The fourth-order valence-corrected chi connectivity index (χ4v) is 4.28. The molecule has 5 aromatic rings. The third-order valence-electron chi connectivity index (χ3n) is 6.27. The molecule has 0 unspecified atom stereocenters. The van der Waals surface area contributed by atoms with Gasteiger partial charge in [0, 0.05) is 37.7 Å². The number of oxazole rings is 1. The van der Waals surface area contributed by atoms with Crippen molar-refractivity contribution in [2.45, 2.75) is 19.4 Å². The Morgan fingerprint density at radius 2 is 1.79 bits per heavy atom. The van der Waals surface area contributed by atoms with Gasteiger partial charge in [0.25, 0.3) is 5.91 Å². The number of para-hydroxylation sites is 1. The Hall–Kier alpha value is -4.70. The lowest BCUT2D eigenvalue weighted by Crippen LogP contribution is -2.24. The van der Waals surface area contributed by atoms with Crippen LogP contribution in [0.3, 0.4) is 0 Å². The lowest BCUT2D eigenvalue weighted by atomic mass is 10.0. The summed E-state index contributed by atoms with van der Waals surface area (Å²) in [6, 6.07) is 17.7. The van der Waals surface area contributed by atoms with Crippen molar-refractivity contribution in [1.82, 2.24) is 30.6 Å². The molecule has 0 fully saturated rings. The van der Waals surface area contributed by atoms with E-state index in [-0.39, 0.29) is 18.1 Å². The molecule has 0 spiro atoms. The van der Waals surface area contributed by atoms with Crippen LogP contribution in [0.15, 0.2) is 71.5 Å². The fraction of sp³-hybridized carbons (Fsp3) is 0.241. The zero-order valence-corrected chi connectivity index (χ0v) is 21.9. The van der Waals surface area contributed by atoms with Crippen molar-refractivity contribution in [3.05, 3.63) is 90.2 Å². The number of aromatic amines is 1. The largest absolute Gasteiger partial charge is 0.496 e. The van der Waals surface area contributed by atoms with Crippen molar-refractivity contribution < 1.29 is 18.7 Å². The van der Waals surface area contributed by atoms with Crippen LogP contribution in [-0.4, -0.2) is 53.2 Å². The number of rotatable bonds is 12. The Bertz CT molecular complexity index is 1560. The first-order chi connectivity index (χ1) is 19.1. The van der Waals surface area contributed by atoms with Gasteiger partial charge in [-0.15, -0.1) is 0 Å². The fourth-order valence-electron chi connectivity index (χ4n) is 4.28. The number of fused-ring (bicyclic) bond motifs is 1. The number of hydrogen-bond acceptors (Lipinski definition) is 8. The molecule has 1 amide bonds. The van der Waals surface area contributed by atoms with Gasteiger partial charge < -0.3 is 29.5 Å². The molecule has 3 N–H and O–H groups in total. The Morgan fingerprint density at radius 3 is 2.67 bits per heavy atom. The molecule has 5 rings (SSSR count). The number of hydrogen-bond donors (Lipinski definition) is 3. The summed E-state index contributed by atoms with van der Waals surface area (Å²) in [6.07, 6.45) is 4.32. The van der Waals surface area contributed by atoms with Gasteiger partial charge in [-0.2, -0.15) is 0 Å². The minimum Gasteiger partial charge on any atom is -0.496 e. The number of nitrogens with zero attached hydrogens (tertiary/aromatic N) is 3. The first-order valence-corrected chi connectivity index (χ1v) is 12.7. The smallest absolute Gasteiger partial charge is 0.273 e. The standard InChI is InChI=1S/C29H30N6O4/c1-37-25-7-4-3-6-20(25)19-9-10-21-22(16-19)34-27(33-21)11-14-30-15-12-28-35-24(18-39-28)29(36)32-17-23-26(38-2)8-5-13-31-23/h3-10,13,16,18,30H,11-12,14-15,17H2,1-2H3,(H,32,36)(H,33,34). The van der Waals surface area contributed by atoms with Crippen LogP contribution < -0.4 is 20.1 Å². The molecule has 3 heterocycles. The summed E-state index contributed by atoms with van der Waals surface area (Å²) in [5.41, 5.74) is 4.88. The minimum absolute atomic E-state index is 0.231. The van der Waals surface area contributed by atoms with E-state index in [1.165, 1.54) is 6.26 Å². The van der Waals surface area contributed by atoms with Gasteiger partial charge in [0.15, 0.2) is 11.6 Å². The van der Waals surface area contributed by atoms with Gasteiger partial charge in [0.2, 0.25) is 0 Å². The predicted octanol–water partition coefficient (Wildman–Crippen LogP) is 3.93. The second-order valence-electron chi connectivity index (χ2n) is 8.83. The summed E-state index contributed by atoms with van der Waals surface area (Å²) in [5, 5.41) is 6.17. The number of carbonyl (C=O) groups is 1. The Balaban J connectivity index is 1.08. The van der Waals surface area contributed by atoms with Crippen LogP contribution in [0.1, 0.15) is 27.9 Å². The highest BCUT2D eigenvalue weighted by molar-refractivity contribution is 5.91. The molecule has 200 valence electrons. The Morgan fingerprint density at radius 1 is 0.974 bits per heavy atom. The van der Waals surface area contributed by atoms with E-state index >= 15 is 0 Å². The van der Waals surface area contributed by atoms with Crippen molar-refractivity contribution in [2.24, 2.45) is 0 Å². The van der Waals surface area contributed by atoms with Gasteiger partial charge in [0.1, 0.15) is 29.3 Å². The van der Waals surface area contributed by atoms with Crippen LogP contribution in [0.25, 0.3) is 22.2 Å². The van der Waals surface area contributed by atoms with Crippen LogP contribution in [0.4, 0.5) is 0 Å². The highest BCUT2D eigenvalue weighted by Gasteiger charge is 2.14. The highest BCUT2D eigenvalue weighted by Crippen LogP contribution is 2.31. The van der Waals surface area contributed by atoms with Crippen molar-refractivity contribution in [3.63, 3.8) is 0 Å². The zero-order chi connectivity index (χ0) is 27.0. The monoisotopic (exact) mass is 526 g/mol. The summed E-state index contributed by atoms with van der Waals surface area (Å²) in [6.45, 7) is 1.63. The van der Waals surface area contributed by atoms with Crippen LogP contribution in [0, 0.1) is 0 Å². The van der Waals surface area contributed by atoms with Crippen LogP contribution in [0.5, 0.6) is 11.5 Å². The number of nitrogens with one attached hydrogen (secondary N) is 3. The quantitative estimate of drug-likeness (QED) is 0.209. The molecule has 0 radical (unpaired) electrons.